The number of benzene rings is 1. The van der Waals surface area contributed by atoms with E-state index in [0.29, 0.717) is 6.54 Å². The van der Waals surface area contributed by atoms with E-state index in [-0.39, 0.29) is 18.7 Å². The predicted molar refractivity (Wildman–Crippen MR) is 106 cm³/mol. The fourth-order valence-electron chi connectivity index (χ4n) is 3.30. The summed E-state index contributed by atoms with van der Waals surface area (Å²) in [5.41, 5.74) is 2.67. The van der Waals surface area contributed by atoms with Gasteiger partial charge in [0.15, 0.2) is 0 Å². The summed E-state index contributed by atoms with van der Waals surface area (Å²) in [6, 6.07) is 7.72. The molecule has 1 fully saturated rings. The molecule has 0 radical (unpaired) electrons. The van der Waals surface area contributed by atoms with Crippen molar-refractivity contribution in [2.45, 2.75) is 32.2 Å². The number of thiazole rings is 1. The Morgan fingerprint density at radius 3 is 3.08 bits per heavy atom. The van der Waals surface area contributed by atoms with E-state index in [1.165, 1.54) is 6.42 Å². The van der Waals surface area contributed by atoms with Crippen LogP contribution in [0.4, 0.5) is 10.5 Å². The van der Waals surface area contributed by atoms with Gasteiger partial charge in [0.05, 0.1) is 17.3 Å². The second-order valence-electron chi connectivity index (χ2n) is 6.58. The third-order valence-electron chi connectivity index (χ3n) is 4.68. The maximum atomic E-state index is 12.2. The molecule has 1 aliphatic rings. The number of aliphatic hydroxyl groups is 1. The Morgan fingerprint density at radius 2 is 2.31 bits per heavy atom. The zero-order chi connectivity index (χ0) is 18.4. The number of urea groups is 1. The molecule has 0 aliphatic carbocycles. The van der Waals surface area contributed by atoms with Crippen molar-refractivity contribution in [3.63, 3.8) is 0 Å². The number of aliphatic hydroxyl groups excluding tert-OH is 1. The molecular weight excluding hydrogens is 348 g/mol. The van der Waals surface area contributed by atoms with E-state index in [4.69, 9.17) is 0 Å². The summed E-state index contributed by atoms with van der Waals surface area (Å²) in [4.78, 5) is 18.9. The molecule has 1 saturated heterocycles. The zero-order valence-electron chi connectivity index (χ0n) is 15.1. The number of hydrogen-bond acceptors (Lipinski definition) is 5. The Balaban J connectivity index is 1.49. The minimum atomic E-state index is -0.214. The number of anilines is 1. The Bertz CT molecular complexity index is 734. The molecule has 2 heterocycles. The van der Waals surface area contributed by atoms with Crippen LogP contribution in [0.5, 0.6) is 0 Å². The quantitative estimate of drug-likeness (QED) is 0.726. The molecule has 6 nitrogen and oxygen atoms in total. The van der Waals surface area contributed by atoms with Crippen molar-refractivity contribution in [1.82, 2.24) is 15.2 Å². The normalized spacial score (nSPS) is 17.8. The SMILES string of the molecule is Cc1nc(-c2cccc(NC(=O)NCCN3CCCCC3CO)c2)cs1. The molecule has 1 unspecified atom stereocenters. The fraction of sp³-hybridized carbons (Fsp3) is 0.474. The molecule has 140 valence electrons. The van der Waals surface area contributed by atoms with Crippen molar-refractivity contribution >= 4 is 23.1 Å². The lowest BCUT2D eigenvalue weighted by molar-refractivity contribution is 0.0917. The van der Waals surface area contributed by atoms with E-state index in [2.05, 4.69) is 20.5 Å². The number of aromatic nitrogens is 1. The minimum Gasteiger partial charge on any atom is -0.395 e. The molecule has 3 rings (SSSR count). The average molecular weight is 375 g/mol. The number of rotatable bonds is 6. The van der Waals surface area contributed by atoms with Crippen molar-refractivity contribution in [3.8, 4) is 11.3 Å². The number of aryl methyl sites for hydroxylation is 1. The third-order valence-corrected chi connectivity index (χ3v) is 5.45. The Kier molecular flexibility index (Phi) is 6.60. The summed E-state index contributed by atoms with van der Waals surface area (Å²) < 4.78 is 0. The van der Waals surface area contributed by atoms with Crippen molar-refractivity contribution in [1.29, 1.82) is 0 Å². The number of likely N-dealkylation sites (tertiary alicyclic amines) is 1. The van der Waals surface area contributed by atoms with Crippen LogP contribution in [0.1, 0.15) is 24.3 Å². The van der Waals surface area contributed by atoms with Crippen molar-refractivity contribution in [3.05, 3.63) is 34.7 Å². The van der Waals surface area contributed by atoms with Crippen LogP contribution in [0, 0.1) is 6.92 Å². The molecule has 3 N–H and O–H groups in total. The number of piperidine rings is 1. The van der Waals surface area contributed by atoms with E-state index in [9.17, 15) is 9.90 Å². The molecule has 0 bridgehead atoms. The van der Waals surface area contributed by atoms with E-state index < -0.39 is 0 Å². The fourth-order valence-corrected chi connectivity index (χ4v) is 3.92. The highest BCUT2D eigenvalue weighted by atomic mass is 32.1. The Morgan fingerprint density at radius 1 is 1.42 bits per heavy atom. The number of amides is 2. The first kappa shape index (κ1) is 18.8. The van der Waals surface area contributed by atoms with Crippen molar-refractivity contribution in [2.75, 3.05) is 31.6 Å². The topological polar surface area (TPSA) is 77.5 Å². The van der Waals surface area contributed by atoms with E-state index in [1.54, 1.807) is 11.3 Å². The highest BCUT2D eigenvalue weighted by Gasteiger charge is 2.21. The van der Waals surface area contributed by atoms with Gasteiger partial charge in [-0.25, -0.2) is 9.78 Å². The van der Waals surface area contributed by atoms with Crippen LogP contribution in [-0.2, 0) is 0 Å². The average Bonchev–Trinajstić information content (AvgIpc) is 3.09. The summed E-state index contributed by atoms with van der Waals surface area (Å²) in [7, 11) is 0. The highest BCUT2D eigenvalue weighted by molar-refractivity contribution is 7.09. The molecule has 1 aromatic heterocycles. The van der Waals surface area contributed by atoms with Gasteiger partial charge < -0.3 is 15.7 Å². The predicted octanol–water partition coefficient (Wildman–Crippen LogP) is 3.09. The molecule has 1 aliphatic heterocycles. The molecule has 2 aromatic rings. The number of nitrogens with one attached hydrogen (secondary N) is 2. The lowest BCUT2D eigenvalue weighted by atomic mass is 10.0. The van der Waals surface area contributed by atoms with E-state index >= 15 is 0 Å². The monoisotopic (exact) mass is 374 g/mol. The number of nitrogens with zero attached hydrogens (tertiary/aromatic N) is 2. The lowest BCUT2D eigenvalue weighted by Crippen LogP contribution is -2.46. The highest BCUT2D eigenvalue weighted by Crippen LogP contribution is 2.24. The van der Waals surface area contributed by atoms with Gasteiger partial charge in [-0.3, -0.25) is 4.90 Å². The van der Waals surface area contributed by atoms with Gasteiger partial charge in [-0.05, 0) is 38.4 Å². The number of hydrogen-bond donors (Lipinski definition) is 3. The Labute approximate surface area is 158 Å². The molecule has 1 atom stereocenters. The van der Waals surface area contributed by atoms with Crippen LogP contribution < -0.4 is 10.6 Å². The largest absolute Gasteiger partial charge is 0.395 e. The molecular formula is C19H26N4O2S. The molecule has 7 heteroatoms. The summed E-state index contributed by atoms with van der Waals surface area (Å²) in [5, 5.41) is 18.3. The first-order valence-electron chi connectivity index (χ1n) is 9.08. The summed E-state index contributed by atoms with van der Waals surface area (Å²) in [6.45, 7) is 4.48. The minimum absolute atomic E-state index is 0.190. The van der Waals surface area contributed by atoms with Crippen LogP contribution >= 0.6 is 11.3 Å². The van der Waals surface area contributed by atoms with Crippen molar-refractivity contribution in [2.24, 2.45) is 0 Å². The standard InChI is InChI=1S/C19H26N4O2S/c1-14-21-18(13-26-14)15-5-4-6-16(11-15)22-19(25)20-8-10-23-9-3-2-7-17(23)12-24/h4-6,11,13,17,24H,2-3,7-10,12H2,1H3,(H2,20,22,25). The van der Waals surface area contributed by atoms with Crippen LogP contribution in [0.3, 0.4) is 0 Å². The van der Waals surface area contributed by atoms with Gasteiger partial charge in [0.2, 0.25) is 0 Å². The van der Waals surface area contributed by atoms with E-state index in [0.717, 1.165) is 47.9 Å². The van der Waals surface area contributed by atoms with Gasteiger partial charge in [0.25, 0.3) is 0 Å². The lowest BCUT2D eigenvalue weighted by Gasteiger charge is -2.34. The number of carbonyl (C=O) groups is 1. The maximum absolute atomic E-state index is 12.2. The molecule has 2 amide bonds. The summed E-state index contributed by atoms with van der Waals surface area (Å²) in [5.74, 6) is 0. The van der Waals surface area contributed by atoms with Gasteiger partial charge in [-0.15, -0.1) is 11.3 Å². The van der Waals surface area contributed by atoms with Crippen LogP contribution in [0.25, 0.3) is 11.3 Å². The van der Waals surface area contributed by atoms with Crippen molar-refractivity contribution < 1.29 is 9.90 Å². The molecule has 1 aromatic carbocycles. The van der Waals surface area contributed by atoms with E-state index in [1.807, 2.05) is 36.6 Å². The second-order valence-corrected chi connectivity index (χ2v) is 7.64. The molecule has 0 saturated carbocycles. The first-order valence-corrected chi connectivity index (χ1v) is 9.96. The van der Waals surface area contributed by atoms with Gasteiger partial charge in [0, 0.05) is 35.8 Å². The maximum Gasteiger partial charge on any atom is 0.319 e. The summed E-state index contributed by atoms with van der Waals surface area (Å²) >= 11 is 1.61. The van der Waals surface area contributed by atoms with Crippen LogP contribution in [0.15, 0.2) is 29.6 Å². The Hall–Kier alpha value is -1.96. The second kappa shape index (κ2) is 9.12. The smallest absolute Gasteiger partial charge is 0.319 e. The van der Waals surface area contributed by atoms with Crippen LogP contribution in [0.2, 0.25) is 0 Å². The van der Waals surface area contributed by atoms with Gasteiger partial charge in [0.1, 0.15) is 0 Å². The van der Waals surface area contributed by atoms with Gasteiger partial charge in [-0.1, -0.05) is 18.6 Å². The molecule has 26 heavy (non-hydrogen) atoms. The first-order chi connectivity index (χ1) is 12.7. The zero-order valence-corrected chi connectivity index (χ0v) is 15.9. The van der Waals surface area contributed by atoms with Gasteiger partial charge in [-0.2, -0.15) is 0 Å². The van der Waals surface area contributed by atoms with Gasteiger partial charge >= 0.3 is 6.03 Å². The summed E-state index contributed by atoms with van der Waals surface area (Å²) in [6.07, 6.45) is 3.36. The molecule has 0 spiro atoms. The van der Waals surface area contributed by atoms with Crippen LogP contribution in [-0.4, -0.2) is 53.3 Å². The number of carbonyl (C=O) groups excluding carboxylic acids is 1. The third kappa shape index (κ3) is 5.03.